The Morgan fingerprint density at radius 1 is 1.56 bits per heavy atom. The van der Waals surface area contributed by atoms with E-state index in [1.165, 1.54) is 0 Å². The highest BCUT2D eigenvalue weighted by molar-refractivity contribution is 9.09. The Bertz CT molecular complexity index is 140. The lowest BCUT2D eigenvalue weighted by Gasteiger charge is -1.89. The Morgan fingerprint density at radius 3 is 2.78 bits per heavy atom. The van der Waals surface area contributed by atoms with Crippen LogP contribution in [0.1, 0.15) is 0 Å². The van der Waals surface area contributed by atoms with Crippen molar-refractivity contribution in [2.45, 2.75) is 6.54 Å². The molecule has 0 spiro atoms. The smallest absolute Gasteiger partial charge is 0.0692 e. The molecule has 0 unspecified atom stereocenters. The number of aryl methyl sites for hydroxylation is 1. The van der Waals surface area contributed by atoms with Crippen molar-refractivity contribution >= 4 is 32.9 Å². The molecule has 0 aliphatic heterocycles. The first kappa shape index (κ1) is 9.10. The summed E-state index contributed by atoms with van der Waals surface area (Å²) in [5, 5.41) is 8.30. The van der Waals surface area contributed by atoms with Crippen LogP contribution in [-0.2, 0) is 6.54 Å². The molecule has 0 atom stereocenters. The van der Waals surface area contributed by atoms with Crippen LogP contribution in [0.2, 0.25) is 0 Å². The second-order valence-electron chi connectivity index (χ2n) is 1.36. The van der Waals surface area contributed by atoms with Gasteiger partial charge in [0.2, 0.25) is 0 Å². The molecule has 0 fully saturated rings. The number of aromatic nitrogens is 3. The van der Waals surface area contributed by atoms with Gasteiger partial charge in [-0.2, -0.15) is 0 Å². The first-order valence-electron chi connectivity index (χ1n) is 2.33. The van der Waals surface area contributed by atoms with E-state index in [-0.39, 0.29) is 17.0 Å². The largest absolute Gasteiger partial charge is 0.252 e. The summed E-state index contributed by atoms with van der Waals surface area (Å²) < 4.78 is 1.77. The van der Waals surface area contributed by atoms with Crippen LogP contribution < -0.4 is 0 Å². The Kier molecular flexibility index (Phi) is 4.99. The fraction of sp³-hybridized carbons (Fsp3) is 0.500. The Labute approximate surface area is 72.3 Å². The minimum absolute atomic E-state index is 0. The van der Waals surface area contributed by atoms with Crippen LogP contribution in [0, 0.1) is 0 Å². The van der Waals surface area contributed by atoms with E-state index in [0.29, 0.717) is 0 Å². The van der Waals surface area contributed by atoms with E-state index in [0.717, 1.165) is 11.9 Å². The highest BCUT2D eigenvalue weighted by Crippen LogP contribution is 1.84. The molecule has 0 aliphatic carbocycles. The number of rotatable bonds is 2. The second-order valence-corrected chi connectivity index (χ2v) is 2.15. The molecule has 0 radical (unpaired) electrons. The number of hydrogen-bond acceptors (Lipinski definition) is 2. The summed E-state index contributed by atoms with van der Waals surface area (Å²) in [4.78, 5) is 0. The van der Waals surface area contributed by atoms with Gasteiger partial charge in [0, 0.05) is 11.5 Å². The number of halogens is 2. The molecule has 3 nitrogen and oxygen atoms in total. The third-order valence-corrected chi connectivity index (χ3v) is 1.14. The average Bonchev–Trinajstić information content (AvgIpc) is 2.19. The molecule has 0 bridgehead atoms. The van der Waals surface area contributed by atoms with Gasteiger partial charge in [-0.1, -0.05) is 21.1 Å². The number of nitrogens with zero attached hydrogens (tertiary/aromatic N) is 3. The van der Waals surface area contributed by atoms with Crippen molar-refractivity contribution in [3.8, 4) is 0 Å². The van der Waals surface area contributed by atoms with E-state index in [1.54, 1.807) is 10.9 Å². The molecule has 5 heteroatoms. The molecule has 1 aromatic heterocycles. The SMILES string of the molecule is Br.BrCCn1ccnn1. The summed E-state index contributed by atoms with van der Waals surface area (Å²) in [6, 6.07) is 0. The van der Waals surface area contributed by atoms with Crippen LogP contribution in [-0.4, -0.2) is 20.3 Å². The normalized spacial score (nSPS) is 8.56. The Morgan fingerprint density at radius 2 is 2.33 bits per heavy atom. The fourth-order valence-electron chi connectivity index (χ4n) is 0.439. The van der Waals surface area contributed by atoms with Gasteiger partial charge in [-0.15, -0.1) is 22.1 Å². The van der Waals surface area contributed by atoms with Crippen LogP contribution in [0.3, 0.4) is 0 Å². The summed E-state index contributed by atoms with van der Waals surface area (Å²) in [5.74, 6) is 0. The molecule has 1 aromatic rings. The summed E-state index contributed by atoms with van der Waals surface area (Å²) in [6.07, 6.45) is 3.50. The van der Waals surface area contributed by atoms with Gasteiger partial charge in [-0.05, 0) is 0 Å². The van der Waals surface area contributed by atoms with Gasteiger partial charge in [0.25, 0.3) is 0 Å². The van der Waals surface area contributed by atoms with Crippen molar-refractivity contribution in [3.05, 3.63) is 12.4 Å². The monoisotopic (exact) mass is 255 g/mol. The standard InChI is InChI=1S/C4H6BrN3.BrH/c5-1-3-8-4-2-6-7-8;/h2,4H,1,3H2;1H. The third-order valence-electron chi connectivity index (χ3n) is 0.786. The van der Waals surface area contributed by atoms with Gasteiger partial charge >= 0.3 is 0 Å². The van der Waals surface area contributed by atoms with Crippen molar-refractivity contribution in [2.24, 2.45) is 0 Å². The van der Waals surface area contributed by atoms with Gasteiger partial charge in [0.05, 0.1) is 12.7 Å². The number of hydrogen-bond donors (Lipinski definition) is 0. The molecule has 0 N–H and O–H groups in total. The van der Waals surface area contributed by atoms with E-state index in [9.17, 15) is 0 Å². The van der Waals surface area contributed by atoms with Crippen LogP contribution in [0.4, 0.5) is 0 Å². The highest BCUT2D eigenvalue weighted by atomic mass is 79.9. The molecule has 0 saturated heterocycles. The molecule has 0 aliphatic rings. The second kappa shape index (κ2) is 4.93. The molecule has 9 heavy (non-hydrogen) atoms. The molecule has 52 valence electrons. The zero-order valence-electron chi connectivity index (χ0n) is 4.70. The fourth-order valence-corrected chi connectivity index (χ4v) is 0.802. The minimum atomic E-state index is 0. The summed E-state index contributed by atoms with van der Waals surface area (Å²) in [5.41, 5.74) is 0. The lowest BCUT2D eigenvalue weighted by molar-refractivity contribution is 0.634. The van der Waals surface area contributed by atoms with Crippen LogP contribution in [0.25, 0.3) is 0 Å². The molecule has 1 heterocycles. The lowest BCUT2D eigenvalue weighted by atomic mass is 10.7. The molecular formula is C4H7Br2N3. The van der Waals surface area contributed by atoms with Gasteiger partial charge in [0.15, 0.2) is 0 Å². The highest BCUT2D eigenvalue weighted by Gasteiger charge is 1.84. The maximum Gasteiger partial charge on any atom is 0.0692 e. The lowest BCUT2D eigenvalue weighted by Crippen LogP contribution is -1.98. The molecule has 0 saturated carbocycles. The predicted octanol–water partition coefficient (Wildman–Crippen LogP) is 1.25. The van der Waals surface area contributed by atoms with E-state index in [2.05, 4.69) is 26.2 Å². The average molecular weight is 257 g/mol. The molecule has 0 aromatic carbocycles. The van der Waals surface area contributed by atoms with Crippen LogP contribution in [0.15, 0.2) is 12.4 Å². The maximum absolute atomic E-state index is 3.74. The van der Waals surface area contributed by atoms with Crippen LogP contribution in [0.5, 0.6) is 0 Å². The van der Waals surface area contributed by atoms with Gasteiger partial charge < -0.3 is 0 Å². The van der Waals surface area contributed by atoms with Gasteiger partial charge in [0.1, 0.15) is 0 Å². The van der Waals surface area contributed by atoms with Crippen molar-refractivity contribution in [2.75, 3.05) is 5.33 Å². The number of alkyl halides is 1. The van der Waals surface area contributed by atoms with Crippen molar-refractivity contribution in [3.63, 3.8) is 0 Å². The summed E-state index contributed by atoms with van der Waals surface area (Å²) in [6.45, 7) is 0.889. The van der Waals surface area contributed by atoms with E-state index in [4.69, 9.17) is 0 Å². The van der Waals surface area contributed by atoms with E-state index >= 15 is 0 Å². The van der Waals surface area contributed by atoms with Gasteiger partial charge in [-0.25, -0.2) is 0 Å². The van der Waals surface area contributed by atoms with Crippen molar-refractivity contribution in [1.82, 2.24) is 15.0 Å². The van der Waals surface area contributed by atoms with Crippen LogP contribution >= 0.6 is 32.9 Å². The Hall–Kier alpha value is 0.100. The predicted molar refractivity (Wildman–Crippen MR) is 44.1 cm³/mol. The topological polar surface area (TPSA) is 30.7 Å². The van der Waals surface area contributed by atoms with E-state index in [1.807, 2.05) is 6.20 Å². The maximum atomic E-state index is 3.74. The zero-order valence-corrected chi connectivity index (χ0v) is 8.00. The van der Waals surface area contributed by atoms with Crippen molar-refractivity contribution < 1.29 is 0 Å². The summed E-state index contributed by atoms with van der Waals surface area (Å²) in [7, 11) is 0. The van der Waals surface area contributed by atoms with Crippen molar-refractivity contribution in [1.29, 1.82) is 0 Å². The molecule has 1 rings (SSSR count). The molecule has 0 amide bonds. The zero-order chi connectivity index (χ0) is 5.82. The minimum Gasteiger partial charge on any atom is -0.252 e. The molecular weight excluding hydrogens is 250 g/mol. The first-order chi connectivity index (χ1) is 3.93. The van der Waals surface area contributed by atoms with Gasteiger partial charge in [-0.3, -0.25) is 4.68 Å². The quantitative estimate of drug-likeness (QED) is 0.746. The van der Waals surface area contributed by atoms with E-state index < -0.39 is 0 Å². The third kappa shape index (κ3) is 2.95. The first-order valence-corrected chi connectivity index (χ1v) is 3.45. The Balaban J connectivity index is 0.000000640. The summed E-state index contributed by atoms with van der Waals surface area (Å²) >= 11 is 3.28.